The van der Waals surface area contributed by atoms with Crippen molar-refractivity contribution in [2.75, 3.05) is 12.4 Å². The van der Waals surface area contributed by atoms with E-state index in [1.807, 2.05) is 0 Å². The Morgan fingerprint density at radius 1 is 1.19 bits per heavy atom. The fourth-order valence-corrected chi connectivity index (χ4v) is 1.48. The van der Waals surface area contributed by atoms with Crippen LogP contribution in [0.4, 0.5) is 0 Å². The molecule has 88 valence electrons. The minimum atomic E-state index is -0.113. The molecule has 16 heavy (non-hydrogen) atoms. The molecule has 0 saturated heterocycles. The van der Waals surface area contributed by atoms with E-state index in [1.54, 1.807) is 0 Å². The number of alkyl halides is 1. The molecule has 5 heteroatoms. The number of rotatable bonds is 7. The molecule has 0 radical (unpaired) electrons. The van der Waals surface area contributed by atoms with Crippen LogP contribution in [0.25, 0.3) is 0 Å². The quantitative estimate of drug-likeness (QED) is 0.587. The van der Waals surface area contributed by atoms with E-state index in [0.29, 0.717) is 18.0 Å². The standard InChI is InChI=1S/C11H16ClN3O/c12-5-3-1-2-4-6-15-11(16)10-7-13-9-14-8-10/h7-9H,1-6H2,(H,15,16). The molecule has 0 aliphatic carbocycles. The van der Waals surface area contributed by atoms with Gasteiger partial charge >= 0.3 is 0 Å². The van der Waals surface area contributed by atoms with Gasteiger partial charge in [-0.3, -0.25) is 4.79 Å². The summed E-state index contributed by atoms with van der Waals surface area (Å²) in [6.07, 6.45) is 8.67. The monoisotopic (exact) mass is 241 g/mol. The van der Waals surface area contributed by atoms with Crippen LogP contribution in [0.15, 0.2) is 18.7 Å². The van der Waals surface area contributed by atoms with Gasteiger partial charge in [0.05, 0.1) is 5.56 Å². The van der Waals surface area contributed by atoms with Crippen molar-refractivity contribution in [1.29, 1.82) is 0 Å². The van der Waals surface area contributed by atoms with Crippen molar-refractivity contribution in [3.05, 3.63) is 24.3 Å². The van der Waals surface area contributed by atoms with Gasteiger partial charge in [0.2, 0.25) is 0 Å². The van der Waals surface area contributed by atoms with Gasteiger partial charge in [-0.25, -0.2) is 9.97 Å². The highest BCUT2D eigenvalue weighted by Gasteiger charge is 2.03. The number of aromatic nitrogens is 2. The van der Waals surface area contributed by atoms with Crippen LogP contribution in [0.2, 0.25) is 0 Å². The first-order valence-electron chi connectivity index (χ1n) is 5.44. The van der Waals surface area contributed by atoms with Crippen molar-refractivity contribution in [2.24, 2.45) is 0 Å². The van der Waals surface area contributed by atoms with Crippen LogP contribution in [0.1, 0.15) is 36.0 Å². The fourth-order valence-electron chi connectivity index (χ4n) is 1.29. The summed E-state index contributed by atoms with van der Waals surface area (Å²) in [5, 5.41) is 2.82. The predicted octanol–water partition coefficient (Wildman–Crippen LogP) is 2.01. The molecule has 0 bridgehead atoms. The molecule has 0 aliphatic heterocycles. The summed E-state index contributed by atoms with van der Waals surface area (Å²) in [6.45, 7) is 0.690. The Hall–Kier alpha value is -1.16. The molecule has 4 nitrogen and oxygen atoms in total. The van der Waals surface area contributed by atoms with E-state index in [1.165, 1.54) is 18.7 Å². The van der Waals surface area contributed by atoms with E-state index in [4.69, 9.17) is 11.6 Å². The van der Waals surface area contributed by atoms with Crippen molar-refractivity contribution in [2.45, 2.75) is 25.7 Å². The summed E-state index contributed by atoms with van der Waals surface area (Å²) >= 11 is 5.56. The lowest BCUT2D eigenvalue weighted by Crippen LogP contribution is -2.24. The second kappa shape index (κ2) is 8.05. The molecule has 0 fully saturated rings. The van der Waals surface area contributed by atoms with Crippen LogP contribution in [-0.4, -0.2) is 28.3 Å². The molecule has 1 amide bonds. The predicted molar refractivity (Wildman–Crippen MR) is 63.6 cm³/mol. The Balaban J connectivity index is 2.12. The average molecular weight is 242 g/mol. The molecule has 0 spiro atoms. The number of amides is 1. The number of nitrogens with one attached hydrogen (secondary N) is 1. The number of nitrogens with zero attached hydrogens (tertiary/aromatic N) is 2. The third kappa shape index (κ3) is 5.07. The van der Waals surface area contributed by atoms with E-state index in [-0.39, 0.29) is 5.91 Å². The number of unbranched alkanes of at least 4 members (excludes halogenated alkanes) is 3. The maximum atomic E-state index is 11.5. The summed E-state index contributed by atoms with van der Waals surface area (Å²) in [4.78, 5) is 19.1. The van der Waals surface area contributed by atoms with Crippen LogP contribution in [-0.2, 0) is 0 Å². The Morgan fingerprint density at radius 3 is 2.56 bits per heavy atom. The van der Waals surface area contributed by atoms with Crippen LogP contribution in [0, 0.1) is 0 Å². The van der Waals surface area contributed by atoms with E-state index in [0.717, 1.165) is 25.7 Å². The molecule has 0 aromatic carbocycles. The summed E-state index contributed by atoms with van der Waals surface area (Å²) in [7, 11) is 0. The van der Waals surface area contributed by atoms with Gasteiger partial charge in [-0.05, 0) is 12.8 Å². The SMILES string of the molecule is O=C(NCCCCCCCl)c1cncnc1. The van der Waals surface area contributed by atoms with Crippen molar-refractivity contribution in [3.63, 3.8) is 0 Å². The maximum Gasteiger partial charge on any atom is 0.254 e. The van der Waals surface area contributed by atoms with E-state index in [2.05, 4.69) is 15.3 Å². The zero-order chi connectivity index (χ0) is 11.6. The average Bonchev–Trinajstić information content (AvgIpc) is 2.34. The van der Waals surface area contributed by atoms with Gasteiger partial charge in [0.1, 0.15) is 6.33 Å². The van der Waals surface area contributed by atoms with Gasteiger partial charge in [-0.2, -0.15) is 0 Å². The zero-order valence-corrected chi connectivity index (χ0v) is 9.91. The summed E-state index contributed by atoms with van der Waals surface area (Å²) in [6, 6.07) is 0. The molecule has 1 N–H and O–H groups in total. The molecule has 1 heterocycles. The largest absolute Gasteiger partial charge is 0.352 e. The lowest BCUT2D eigenvalue weighted by Gasteiger charge is -2.03. The van der Waals surface area contributed by atoms with Crippen molar-refractivity contribution >= 4 is 17.5 Å². The highest BCUT2D eigenvalue weighted by molar-refractivity contribution is 6.17. The smallest absolute Gasteiger partial charge is 0.254 e. The van der Waals surface area contributed by atoms with Crippen LogP contribution < -0.4 is 5.32 Å². The molecule has 1 rings (SSSR count). The van der Waals surface area contributed by atoms with Gasteiger partial charge in [-0.1, -0.05) is 12.8 Å². The first kappa shape index (κ1) is 12.9. The number of carbonyl (C=O) groups excluding carboxylic acids is 1. The minimum Gasteiger partial charge on any atom is -0.352 e. The second-order valence-corrected chi connectivity index (χ2v) is 3.86. The number of hydrogen-bond acceptors (Lipinski definition) is 3. The topological polar surface area (TPSA) is 54.9 Å². The normalized spacial score (nSPS) is 10.1. The second-order valence-electron chi connectivity index (χ2n) is 3.49. The maximum absolute atomic E-state index is 11.5. The lowest BCUT2D eigenvalue weighted by atomic mass is 10.2. The Kier molecular flexibility index (Phi) is 6.49. The van der Waals surface area contributed by atoms with Gasteiger partial charge in [0, 0.05) is 24.8 Å². The van der Waals surface area contributed by atoms with Crippen molar-refractivity contribution in [1.82, 2.24) is 15.3 Å². The van der Waals surface area contributed by atoms with E-state index in [9.17, 15) is 4.79 Å². The van der Waals surface area contributed by atoms with Crippen LogP contribution in [0.3, 0.4) is 0 Å². The molecule has 1 aromatic rings. The molecule has 0 aliphatic rings. The number of hydrogen-bond donors (Lipinski definition) is 1. The summed E-state index contributed by atoms with van der Waals surface area (Å²) < 4.78 is 0. The highest BCUT2D eigenvalue weighted by atomic mass is 35.5. The number of carbonyl (C=O) groups is 1. The first-order chi connectivity index (χ1) is 7.84. The molecular formula is C11H16ClN3O. The molecule has 1 aromatic heterocycles. The molecule has 0 unspecified atom stereocenters. The Labute approximate surface area is 100 Å². The van der Waals surface area contributed by atoms with E-state index < -0.39 is 0 Å². The molecular weight excluding hydrogens is 226 g/mol. The van der Waals surface area contributed by atoms with Crippen LogP contribution >= 0.6 is 11.6 Å². The summed E-state index contributed by atoms with van der Waals surface area (Å²) in [5.74, 6) is 0.603. The zero-order valence-electron chi connectivity index (χ0n) is 9.16. The van der Waals surface area contributed by atoms with E-state index >= 15 is 0 Å². The van der Waals surface area contributed by atoms with Crippen molar-refractivity contribution < 1.29 is 4.79 Å². The fraction of sp³-hybridized carbons (Fsp3) is 0.545. The van der Waals surface area contributed by atoms with Crippen molar-refractivity contribution in [3.8, 4) is 0 Å². The third-order valence-electron chi connectivity index (χ3n) is 2.17. The molecule has 0 atom stereocenters. The molecule has 0 saturated carbocycles. The van der Waals surface area contributed by atoms with Gasteiger partial charge < -0.3 is 5.32 Å². The van der Waals surface area contributed by atoms with Gasteiger partial charge in [0.25, 0.3) is 5.91 Å². The highest BCUT2D eigenvalue weighted by Crippen LogP contribution is 2.00. The third-order valence-corrected chi connectivity index (χ3v) is 2.44. The first-order valence-corrected chi connectivity index (χ1v) is 5.97. The minimum absolute atomic E-state index is 0.113. The summed E-state index contributed by atoms with van der Waals surface area (Å²) in [5.41, 5.74) is 0.503. The number of halogens is 1. The van der Waals surface area contributed by atoms with Crippen LogP contribution in [0.5, 0.6) is 0 Å². The lowest BCUT2D eigenvalue weighted by molar-refractivity contribution is 0.0952. The van der Waals surface area contributed by atoms with Gasteiger partial charge in [0.15, 0.2) is 0 Å². The Morgan fingerprint density at radius 2 is 1.88 bits per heavy atom. The van der Waals surface area contributed by atoms with Gasteiger partial charge in [-0.15, -0.1) is 11.6 Å². The Bertz CT molecular complexity index is 305.